The van der Waals surface area contributed by atoms with E-state index < -0.39 is 18.1 Å². The molecular formula is C22H22N4O6. The number of nitrogen functional groups attached to an aromatic ring is 1. The van der Waals surface area contributed by atoms with Crippen molar-refractivity contribution in [2.45, 2.75) is 31.4 Å². The van der Waals surface area contributed by atoms with Crippen LogP contribution in [0.15, 0.2) is 42.5 Å². The summed E-state index contributed by atoms with van der Waals surface area (Å²) in [5.41, 5.74) is 7.18. The molecule has 166 valence electrons. The van der Waals surface area contributed by atoms with Gasteiger partial charge in [0.2, 0.25) is 18.6 Å². The molecule has 4 rings (SSSR count). The molecule has 0 saturated carbocycles. The van der Waals surface area contributed by atoms with Crippen molar-refractivity contribution < 1.29 is 28.6 Å². The molecular weight excluding hydrogens is 416 g/mol. The molecule has 2 aliphatic heterocycles. The Morgan fingerprint density at radius 2 is 1.75 bits per heavy atom. The molecule has 10 nitrogen and oxygen atoms in total. The second kappa shape index (κ2) is 8.96. The first-order valence-electron chi connectivity index (χ1n) is 10.0. The quantitative estimate of drug-likeness (QED) is 0.291. The highest BCUT2D eigenvalue weighted by atomic mass is 16.7. The van der Waals surface area contributed by atoms with E-state index in [1.165, 1.54) is 0 Å². The number of benzene rings is 2. The Hall–Kier alpha value is -4.08. The van der Waals surface area contributed by atoms with Crippen LogP contribution in [0.4, 0.5) is 5.69 Å². The van der Waals surface area contributed by atoms with Gasteiger partial charge < -0.3 is 30.6 Å². The van der Waals surface area contributed by atoms with E-state index in [2.05, 4.69) is 10.6 Å². The van der Waals surface area contributed by atoms with Crippen LogP contribution in [0.3, 0.4) is 0 Å². The maximum atomic E-state index is 12.4. The lowest BCUT2D eigenvalue weighted by molar-refractivity contribution is -0.141. The number of hydrogen-bond donors (Lipinski definition) is 4. The minimum Gasteiger partial charge on any atom is -0.455 e. The van der Waals surface area contributed by atoms with Crippen LogP contribution in [0, 0.1) is 5.41 Å². The van der Waals surface area contributed by atoms with Crippen LogP contribution in [0.5, 0.6) is 11.5 Å². The molecule has 32 heavy (non-hydrogen) atoms. The summed E-state index contributed by atoms with van der Waals surface area (Å²) in [6.07, 6.45) is -0.680. The van der Waals surface area contributed by atoms with E-state index in [0.29, 0.717) is 28.3 Å². The van der Waals surface area contributed by atoms with E-state index >= 15 is 0 Å². The highest BCUT2D eigenvalue weighted by molar-refractivity contribution is 5.96. The molecule has 2 atom stereocenters. The molecule has 0 spiro atoms. The van der Waals surface area contributed by atoms with Crippen molar-refractivity contribution in [2.75, 3.05) is 12.1 Å². The van der Waals surface area contributed by atoms with Crippen molar-refractivity contribution in [3.05, 3.63) is 53.6 Å². The van der Waals surface area contributed by atoms with Gasteiger partial charge in [-0.25, -0.2) is 0 Å². The summed E-state index contributed by atoms with van der Waals surface area (Å²) >= 11 is 0. The molecule has 1 fully saturated rings. The lowest BCUT2D eigenvalue weighted by atomic mass is 10.0. The number of fused-ring (bicyclic) bond motifs is 1. The first kappa shape index (κ1) is 21.2. The van der Waals surface area contributed by atoms with Crippen molar-refractivity contribution in [1.82, 2.24) is 5.32 Å². The fraction of sp³-hybridized carbons (Fsp3) is 0.273. The minimum absolute atomic E-state index is 0.0312. The van der Waals surface area contributed by atoms with Gasteiger partial charge in [0.15, 0.2) is 11.5 Å². The van der Waals surface area contributed by atoms with Gasteiger partial charge in [0.1, 0.15) is 11.9 Å². The molecule has 2 aromatic rings. The number of amidine groups is 1. The number of nitrogens with two attached hydrogens (primary N) is 1. The van der Waals surface area contributed by atoms with Gasteiger partial charge in [-0.15, -0.1) is 0 Å². The summed E-state index contributed by atoms with van der Waals surface area (Å²) in [5, 5.41) is 12.8. The fourth-order valence-electron chi connectivity index (χ4n) is 3.54. The van der Waals surface area contributed by atoms with E-state index in [1.54, 1.807) is 42.5 Å². The molecule has 0 aromatic heterocycles. The first-order valence-corrected chi connectivity index (χ1v) is 10.0. The summed E-state index contributed by atoms with van der Waals surface area (Å²) in [6, 6.07) is 11.2. The maximum absolute atomic E-state index is 12.4. The van der Waals surface area contributed by atoms with Crippen molar-refractivity contribution in [3.8, 4) is 11.5 Å². The fourth-order valence-corrected chi connectivity index (χ4v) is 3.54. The van der Waals surface area contributed by atoms with Crippen LogP contribution in [0.25, 0.3) is 0 Å². The normalized spacial score (nSPS) is 18.7. The van der Waals surface area contributed by atoms with Crippen LogP contribution in [-0.4, -0.2) is 36.5 Å². The monoisotopic (exact) mass is 438 g/mol. The number of carbonyl (C=O) groups is 3. The first-order chi connectivity index (χ1) is 15.4. The average molecular weight is 438 g/mol. The Kier molecular flexibility index (Phi) is 5.93. The predicted molar refractivity (Wildman–Crippen MR) is 113 cm³/mol. The van der Waals surface area contributed by atoms with Gasteiger partial charge in [0.25, 0.3) is 0 Å². The van der Waals surface area contributed by atoms with Gasteiger partial charge in [-0.3, -0.25) is 19.8 Å². The van der Waals surface area contributed by atoms with Gasteiger partial charge in [-0.1, -0.05) is 6.07 Å². The Labute approximate surface area is 183 Å². The van der Waals surface area contributed by atoms with E-state index in [1.807, 2.05) is 0 Å². The second-order valence-corrected chi connectivity index (χ2v) is 7.44. The summed E-state index contributed by atoms with van der Waals surface area (Å²) < 4.78 is 16.1. The van der Waals surface area contributed by atoms with E-state index in [9.17, 15) is 14.4 Å². The average Bonchev–Trinajstić information content (AvgIpc) is 3.38. The van der Waals surface area contributed by atoms with E-state index in [-0.39, 0.29) is 43.7 Å². The zero-order valence-electron chi connectivity index (χ0n) is 17.1. The third-order valence-electron chi connectivity index (χ3n) is 5.14. The smallest absolute Gasteiger partial charge is 0.308 e. The number of carbonyl (C=O) groups excluding carboxylic acids is 3. The zero-order chi connectivity index (χ0) is 22.7. The minimum atomic E-state index is -0.644. The van der Waals surface area contributed by atoms with Gasteiger partial charge >= 0.3 is 5.97 Å². The third-order valence-corrected chi connectivity index (χ3v) is 5.14. The van der Waals surface area contributed by atoms with E-state index in [4.69, 9.17) is 25.4 Å². The highest BCUT2D eigenvalue weighted by Gasteiger charge is 2.37. The molecule has 5 N–H and O–H groups in total. The number of cyclic esters (lactones) is 1. The molecule has 1 unspecified atom stereocenters. The molecule has 2 aromatic carbocycles. The highest BCUT2D eigenvalue weighted by Crippen LogP contribution is 2.38. The summed E-state index contributed by atoms with van der Waals surface area (Å²) in [6.45, 7) is 0.131. The summed E-state index contributed by atoms with van der Waals surface area (Å²) in [4.78, 5) is 36.4. The number of hydrogen-bond acceptors (Lipinski definition) is 7. The van der Waals surface area contributed by atoms with Crippen LogP contribution >= 0.6 is 0 Å². The van der Waals surface area contributed by atoms with Crippen molar-refractivity contribution in [2.24, 2.45) is 5.73 Å². The molecule has 0 aliphatic carbocycles. The number of ether oxygens (including phenoxy) is 3. The number of anilines is 1. The molecule has 0 radical (unpaired) electrons. The molecule has 0 bridgehead atoms. The largest absolute Gasteiger partial charge is 0.455 e. The Morgan fingerprint density at radius 1 is 1.03 bits per heavy atom. The molecule has 1 saturated heterocycles. The Balaban J connectivity index is 1.30. The summed E-state index contributed by atoms with van der Waals surface area (Å²) in [5.74, 6) is 0.00439. The van der Waals surface area contributed by atoms with Gasteiger partial charge in [0.05, 0.1) is 12.5 Å². The van der Waals surface area contributed by atoms with Crippen molar-refractivity contribution >= 4 is 29.3 Å². The SMILES string of the molecule is N=C(N)c1ccc(NC(=O)CCC(=O)N[C@H]2CC(=O)OC2c2ccc3c(c2)OCO3)cc1. The summed E-state index contributed by atoms with van der Waals surface area (Å²) in [7, 11) is 0. The van der Waals surface area contributed by atoms with Crippen molar-refractivity contribution in [1.29, 1.82) is 5.41 Å². The van der Waals surface area contributed by atoms with Crippen LogP contribution in [0.1, 0.15) is 36.5 Å². The number of esters is 1. The number of amides is 2. The van der Waals surface area contributed by atoms with Gasteiger partial charge in [-0.2, -0.15) is 0 Å². The maximum Gasteiger partial charge on any atom is 0.308 e. The number of nitrogens with one attached hydrogen (secondary N) is 3. The van der Waals surface area contributed by atoms with Crippen LogP contribution in [0.2, 0.25) is 0 Å². The standard InChI is InChI=1S/C22H22N4O6/c23-22(24)12-1-4-14(5-2-12)25-18(27)7-8-19(28)26-15-10-20(29)32-21(15)13-3-6-16-17(9-13)31-11-30-16/h1-6,9,15,21H,7-8,10-11H2,(H3,23,24)(H,25,27)(H,26,28)/t15-,21?/m0/s1. The van der Waals surface area contributed by atoms with Gasteiger partial charge in [0, 0.05) is 24.1 Å². The second-order valence-electron chi connectivity index (χ2n) is 7.44. The van der Waals surface area contributed by atoms with Crippen molar-refractivity contribution in [3.63, 3.8) is 0 Å². The zero-order valence-corrected chi connectivity index (χ0v) is 17.1. The number of rotatable bonds is 7. The van der Waals surface area contributed by atoms with Crippen LogP contribution < -0.4 is 25.8 Å². The lowest BCUT2D eigenvalue weighted by Gasteiger charge is -2.19. The molecule has 2 aliphatic rings. The topological polar surface area (TPSA) is 153 Å². The third kappa shape index (κ3) is 4.80. The predicted octanol–water partition coefficient (Wildman–Crippen LogP) is 1.59. The Morgan fingerprint density at radius 3 is 2.50 bits per heavy atom. The van der Waals surface area contributed by atoms with E-state index in [0.717, 1.165) is 0 Å². The van der Waals surface area contributed by atoms with Gasteiger partial charge in [-0.05, 0) is 42.0 Å². The molecule has 10 heteroatoms. The lowest BCUT2D eigenvalue weighted by Crippen LogP contribution is -2.37. The molecule has 2 amide bonds. The Bertz CT molecular complexity index is 1070. The molecule has 2 heterocycles. The van der Waals surface area contributed by atoms with Crippen LogP contribution in [-0.2, 0) is 19.1 Å².